The molecule has 1 N–H and O–H groups in total. The second-order valence-electron chi connectivity index (χ2n) is 3.85. The molecule has 0 atom stereocenters. The molecular weight excluding hydrogens is 194 g/mol. The predicted molar refractivity (Wildman–Crippen MR) is 63.2 cm³/mol. The number of nitrogens with one attached hydrogen (secondary N) is 1. The van der Waals surface area contributed by atoms with Crippen molar-refractivity contribution in [3.05, 3.63) is 34.3 Å². The van der Waals surface area contributed by atoms with Crippen molar-refractivity contribution in [2.75, 3.05) is 13.6 Å². The largest absolute Gasteiger partial charge is 0.319 e. The van der Waals surface area contributed by atoms with E-state index in [4.69, 9.17) is 11.6 Å². The molecule has 1 rings (SSSR count). The zero-order valence-electron chi connectivity index (χ0n) is 9.10. The molecule has 0 fully saturated rings. The van der Waals surface area contributed by atoms with Crippen molar-refractivity contribution in [1.82, 2.24) is 5.32 Å². The highest BCUT2D eigenvalue weighted by Gasteiger charge is 2.06. The van der Waals surface area contributed by atoms with Crippen molar-refractivity contribution in [3.8, 4) is 0 Å². The van der Waals surface area contributed by atoms with Crippen LogP contribution in [-0.2, 0) is 6.42 Å². The average Bonchev–Trinajstić information content (AvgIpc) is 2.14. The molecular formula is C12H18ClN. The van der Waals surface area contributed by atoms with Crippen molar-refractivity contribution in [2.24, 2.45) is 0 Å². The minimum absolute atomic E-state index is 0.569. The Morgan fingerprint density at radius 3 is 2.64 bits per heavy atom. The topological polar surface area (TPSA) is 12.0 Å². The second kappa shape index (κ2) is 5.38. The third-order valence-electron chi connectivity index (χ3n) is 2.37. The van der Waals surface area contributed by atoms with Gasteiger partial charge in [0.15, 0.2) is 0 Å². The molecule has 0 aliphatic heterocycles. The fourth-order valence-electron chi connectivity index (χ4n) is 1.61. The zero-order chi connectivity index (χ0) is 10.6. The van der Waals surface area contributed by atoms with E-state index >= 15 is 0 Å². The van der Waals surface area contributed by atoms with Gasteiger partial charge in [-0.05, 0) is 49.2 Å². The van der Waals surface area contributed by atoms with Gasteiger partial charge in [-0.15, -0.1) is 0 Å². The van der Waals surface area contributed by atoms with Gasteiger partial charge in [-0.25, -0.2) is 0 Å². The van der Waals surface area contributed by atoms with Crippen molar-refractivity contribution in [2.45, 2.75) is 26.2 Å². The second-order valence-corrected chi connectivity index (χ2v) is 4.29. The number of hydrogen-bond donors (Lipinski definition) is 1. The normalized spacial score (nSPS) is 10.9. The van der Waals surface area contributed by atoms with Crippen molar-refractivity contribution < 1.29 is 0 Å². The van der Waals surface area contributed by atoms with Crippen LogP contribution < -0.4 is 5.32 Å². The molecule has 0 unspecified atom stereocenters. The van der Waals surface area contributed by atoms with Gasteiger partial charge in [-0.2, -0.15) is 0 Å². The molecule has 0 heterocycles. The molecule has 0 saturated heterocycles. The van der Waals surface area contributed by atoms with Crippen LogP contribution in [0.3, 0.4) is 0 Å². The summed E-state index contributed by atoms with van der Waals surface area (Å²) in [5.74, 6) is 0.569. The molecule has 0 aliphatic carbocycles. The highest BCUT2D eigenvalue weighted by atomic mass is 35.5. The molecule has 1 nitrogen and oxygen atoms in total. The van der Waals surface area contributed by atoms with Crippen LogP contribution in [0.4, 0.5) is 0 Å². The minimum atomic E-state index is 0.569. The van der Waals surface area contributed by atoms with Crippen LogP contribution in [0.1, 0.15) is 30.9 Å². The smallest absolute Gasteiger partial charge is 0.0408 e. The number of likely N-dealkylation sites (N-methyl/N-ethyl adjacent to an activating group) is 1. The van der Waals surface area contributed by atoms with Crippen molar-refractivity contribution in [3.63, 3.8) is 0 Å². The lowest BCUT2D eigenvalue weighted by molar-refractivity contribution is 0.768. The molecule has 0 aliphatic rings. The number of rotatable bonds is 4. The van der Waals surface area contributed by atoms with Crippen molar-refractivity contribution in [1.29, 1.82) is 0 Å². The molecule has 0 amide bonds. The molecule has 0 spiro atoms. The van der Waals surface area contributed by atoms with Gasteiger partial charge in [-0.1, -0.05) is 31.5 Å². The average molecular weight is 212 g/mol. The van der Waals surface area contributed by atoms with Crippen LogP contribution in [0.15, 0.2) is 18.2 Å². The van der Waals surface area contributed by atoms with Crippen molar-refractivity contribution >= 4 is 11.6 Å². The third kappa shape index (κ3) is 3.00. The predicted octanol–water partition coefficient (Wildman–Crippen LogP) is 3.23. The maximum atomic E-state index is 5.98. The fourth-order valence-corrected chi connectivity index (χ4v) is 1.81. The molecule has 0 aromatic heterocycles. The van der Waals surface area contributed by atoms with Gasteiger partial charge in [0.2, 0.25) is 0 Å². The molecule has 14 heavy (non-hydrogen) atoms. The Balaban J connectivity index is 2.91. The van der Waals surface area contributed by atoms with E-state index in [1.807, 2.05) is 13.1 Å². The lowest BCUT2D eigenvalue weighted by atomic mass is 9.95. The van der Waals surface area contributed by atoms with E-state index in [2.05, 4.69) is 31.3 Å². The summed E-state index contributed by atoms with van der Waals surface area (Å²) in [5.41, 5.74) is 2.77. The van der Waals surface area contributed by atoms with Gasteiger partial charge in [0.25, 0.3) is 0 Å². The van der Waals surface area contributed by atoms with Crippen LogP contribution in [-0.4, -0.2) is 13.6 Å². The molecule has 1 aromatic carbocycles. The Hall–Kier alpha value is -0.530. The molecule has 0 radical (unpaired) electrons. The lowest BCUT2D eigenvalue weighted by Crippen LogP contribution is -2.11. The summed E-state index contributed by atoms with van der Waals surface area (Å²) in [5, 5.41) is 3.99. The van der Waals surface area contributed by atoms with Crippen LogP contribution in [0.5, 0.6) is 0 Å². The van der Waals surface area contributed by atoms with E-state index in [0.29, 0.717) is 5.92 Å². The Morgan fingerprint density at radius 1 is 1.36 bits per heavy atom. The van der Waals surface area contributed by atoms with E-state index in [0.717, 1.165) is 18.0 Å². The Labute approximate surface area is 91.5 Å². The minimum Gasteiger partial charge on any atom is -0.319 e. The third-order valence-corrected chi connectivity index (χ3v) is 2.61. The highest BCUT2D eigenvalue weighted by molar-refractivity contribution is 6.30. The van der Waals surface area contributed by atoms with E-state index in [-0.39, 0.29) is 0 Å². The summed E-state index contributed by atoms with van der Waals surface area (Å²) in [6, 6.07) is 6.19. The van der Waals surface area contributed by atoms with Crippen LogP contribution in [0.25, 0.3) is 0 Å². The molecule has 78 valence electrons. The van der Waals surface area contributed by atoms with Gasteiger partial charge in [0, 0.05) is 5.02 Å². The Morgan fingerprint density at radius 2 is 2.07 bits per heavy atom. The first-order chi connectivity index (χ1) is 6.65. The zero-order valence-corrected chi connectivity index (χ0v) is 9.86. The van der Waals surface area contributed by atoms with Gasteiger partial charge >= 0.3 is 0 Å². The van der Waals surface area contributed by atoms with E-state index in [1.54, 1.807) is 0 Å². The lowest BCUT2D eigenvalue weighted by Gasteiger charge is -2.12. The summed E-state index contributed by atoms with van der Waals surface area (Å²) < 4.78 is 0. The van der Waals surface area contributed by atoms with Gasteiger partial charge in [0.05, 0.1) is 0 Å². The van der Waals surface area contributed by atoms with Crippen LogP contribution >= 0.6 is 11.6 Å². The van der Waals surface area contributed by atoms with E-state index in [9.17, 15) is 0 Å². The molecule has 1 aromatic rings. The molecule has 0 bridgehead atoms. The number of benzene rings is 1. The fraction of sp³-hybridized carbons (Fsp3) is 0.500. The quantitative estimate of drug-likeness (QED) is 0.807. The Bertz CT molecular complexity index is 294. The SMILES string of the molecule is CNCCc1cc(Cl)ccc1C(C)C. The van der Waals surface area contributed by atoms with Crippen LogP contribution in [0, 0.1) is 0 Å². The maximum absolute atomic E-state index is 5.98. The standard InChI is InChI=1S/C12H18ClN/c1-9(2)12-5-4-11(13)8-10(12)6-7-14-3/h4-5,8-9,14H,6-7H2,1-3H3. The maximum Gasteiger partial charge on any atom is 0.0408 e. The van der Waals surface area contributed by atoms with E-state index in [1.165, 1.54) is 11.1 Å². The molecule has 0 saturated carbocycles. The summed E-state index contributed by atoms with van der Waals surface area (Å²) in [4.78, 5) is 0. The van der Waals surface area contributed by atoms with Gasteiger partial charge in [0.1, 0.15) is 0 Å². The van der Waals surface area contributed by atoms with Gasteiger partial charge in [-0.3, -0.25) is 0 Å². The van der Waals surface area contributed by atoms with Crippen LogP contribution in [0.2, 0.25) is 5.02 Å². The van der Waals surface area contributed by atoms with Gasteiger partial charge < -0.3 is 5.32 Å². The molecule has 2 heteroatoms. The summed E-state index contributed by atoms with van der Waals surface area (Å²) >= 11 is 5.98. The number of halogens is 1. The number of hydrogen-bond acceptors (Lipinski definition) is 1. The summed E-state index contributed by atoms with van der Waals surface area (Å²) in [6.07, 6.45) is 1.05. The summed E-state index contributed by atoms with van der Waals surface area (Å²) in [7, 11) is 1.97. The first-order valence-electron chi connectivity index (χ1n) is 5.08. The first-order valence-corrected chi connectivity index (χ1v) is 5.46. The summed E-state index contributed by atoms with van der Waals surface area (Å²) in [6.45, 7) is 5.43. The highest BCUT2D eigenvalue weighted by Crippen LogP contribution is 2.23. The van der Waals surface area contributed by atoms with E-state index < -0.39 is 0 Å². The first kappa shape index (κ1) is 11.5. The Kier molecular flexibility index (Phi) is 4.43. The monoisotopic (exact) mass is 211 g/mol.